The summed E-state index contributed by atoms with van der Waals surface area (Å²) >= 11 is 0. The summed E-state index contributed by atoms with van der Waals surface area (Å²) in [6, 6.07) is 7.28. The highest BCUT2D eigenvalue weighted by Crippen LogP contribution is 2.16. The monoisotopic (exact) mass is 339 g/mol. The number of terminal acetylenes is 1. The maximum absolute atomic E-state index is 12.5. The van der Waals surface area contributed by atoms with Crippen molar-refractivity contribution in [1.82, 2.24) is 15.1 Å². The van der Waals surface area contributed by atoms with E-state index in [2.05, 4.69) is 30.2 Å². The predicted octanol–water partition coefficient (Wildman–Crippen LogP) is 2.86. The molecule has 2 aromatic rings. The number of rotatable bonds is 8. The Bertz CT molecular complexity index is 827. The van der Waals surface area contributed by atoms with Gasteiger partial charge in [0, 0.05) is 11.3 Å². The summed E-state index contributed by atoms with van der Waals surface area (Å²) in [5.41, 5.74) is 0.448. The molecule has 0 saturated heterocycles. The Morgan fingerprint density at radius 1 is 1.24 bits per heavy atom. The van der Waals surface area contributed by atoms with E-state index in [1.165, 1.54) is 4.68 Å². The number of carbonyl (C=O) groups excluding carboxylic acids is 1. The molecule has 132 valence electrons. The van der Waals surface area contributed by atoms with Crippen LogP contribution in [0.25, 0.3) is 10.8 Å². The highest BCUT2D eigenvalue weighted by Gasteiger charge is 2.17. The molecule has 25 heavy (non-hydrogen) atoms. The fourth-order valence-corrected chi connectivity index (χ4v) is 3.05. The summed E-state index contributed by atoms with van der Waals surface area (Å²) in [6.07, 6.45) is 9.05. The molecule has 1 aromatic heterocycles. The molecule has 0 radical (unpaired) electrons. The molecule has 1 amide bonds. The second kappa shape index (κ2) is 9.03. The molecule has 1 aromatic carbocycles. The van der Waals surface area contributed by atoms with Crippen molar-refractivity contribution in [2.75, 3.05) is 0 Å². The van der Waals surface area contributed by atoms with Crippen LogP contribution in [0.5, 0.6) is 0 Å². The Labute approximate surface area is 148 Å². The van der Waals surface area contributed by atoms with Crippen LogP contribution in [0, 0.1) is 18.3 Å². The molecular weight excluding hydrogens is 314 g/mol. The van der Waals surface area contributed by atoms with Gasteiger partial charge in [0.2, 0.25) is 5.91 Å². The van der Waals surface area contributed by atoms with Crippen molar-refractivity contribution in [3.8, 4) is 12.3 Å². The molecule has 0 spiro atoms. The molecule has 5 nitrogen and oxygen atoms in total. The molecule has 0 saturated carbocycles. The first-order valence-corrected chi connectivity index (χ1v) is 8.82. The largest absolute Gasteiger partial charge is 0.350 e. The van der Waals surface area contributed by atoms with Crippen LogP contribution in [0.1, 0.15) is 45.2 Å². The topological polar surface area (TPSA) is 64.0 Å². The molecular formula is C20H25N3O2. The van der Waals surface area contributed by atoms with Gasteiger partial charge in [0.1, 0.15) is 6.54 Å². The van der Waals surface area contributed by atoms with Crippen LogP contribution in [0.2, 0.25) is 0 Å². The van der Waals surface area contributed by atoms with E-state index in [9.17, 15) is 9.59 Å². The van der Waals surface area contributed by atoms with Crippen molar-refractivity contribution in [1.29, 1.82) is 0 Å². The number of carbonyl (C=O) groups is 1. The van der Waals surface area contributed by atoms with E-state index in [0.717, 1.165) is 31.1 Å². The molecule has 0 aliphatic carbocycles. The summed E-state index contributed by atoms with van der Waals surface area (Å²) in [4.78, 5) is 24.9. The summed E-state index contributed by atoms with van der Waals surface area (Å²) in [7, 11) is 0. The zero-order valence-corrected chi connectivity index (χ0v) is 14.9. The van der Waals surface area contributed by atoms with Gasteiger partial charge in [-0.15, -0.1) is 6.42 Å². The highest BCUT2D eigenvalue weighted by atomic mass is 16.2. The van der Waals surface area contributed by atoms with Crippen molar-refractivity contribution in [2.45, 2.75) is 52.6 Å². The second-order valence-electron chi connectivity index (χ2n) is 6.15. The lowest BCUT2D eigenvalue weighted by Gasteiger charge is -2.16. The van der Waals surface area contributed by atoms with Crippen LogP contribution in [0.3, 0.4) is 0 Å². The molecule has 0 aliphatic heterocycles. The number of aromatic nitrogens is 2. The van der Waals surface area contributed by atoms with Gasteiger partial charge >= 0.3 is 0 Å². The van der Waals surface area contributed by atoms with Gasteiger partial charge in [0.25, 0.3) is 5.56 Å². The Hall–Kier alpha value is -2.61. The number of nitrogens with one attached hydrogen (secondary N) is 1. The smallest absolute Gasteiger partial charge is 0.275 e. The minimum absolute atomic E-state index is 0.0258. The third kappa shape index (κ3) is 4.48. The minimum atomic E-state index is -0.210. The van der Waals surface area contributed by atoms with Gasteiger partial charge in [-0.2, -0.15) is 5.10 Å². The van der Waals surface area contributed by atoms with Gasteiger partial charge in [0.05, 0.1) is 17.6 Å². The van der Waals surface area contributed by atoms with Gasteiger partial charge in [-0.3, -0.25) is 9.59 Å². The Morgan fingerprint density at radius 2 is 1.88 bits per heavy atom. The number of benzene rings is 1. The minimum Gasteiger partial charge on any atom is -0.350 e. The third-order valence-corrected chi connectivity index (χ3v) is 4.26. The van der Waals surface area contributed by atoms with E-state index in [1.54, 1.807) is 6.07 Å². The quantitative estimate of drug-likeness (QED) is 0.752. The number of nitrogens with zero attached hydrogens (tertiary/aromatic N) is 2. The molecule has 0 aliphatic rings. The second-order valence-corrected chi connectivity index (χ2v) is 6.15. The molecule has 1 heterocycles. The van der Waals surface area contributed by atoms with Crippen molar-refractivity contribution in [3.05, 3.63) is 40.3 Å². The Kier molecular flexibility index (Phi) is 6.76. The molecule has 5 heteroatoms. The van der Waals surface area contributed by atoms with Crippen molar-refractivity contribution >= 4 is 16.7 Å². The Balaban J connectivity index is 2.28. The van der Waals surface area contributed by atoms with Crippen LogP contribution >= 0.6 is 0 Å². The van der Waals surface area contributed by atoms with Crippen LogP contribution in [0.4, 0.5) is 0 Å². The summed E-state index contributed by atoms with van der Waals surface area (Å²) in [5.74, 6) is 2.52. The lowest BCUT2D eigenvalue weighted by atomic mass is 9.97. The van der Waals surface area contributed by atoms with Crippen LogP contribution < -0.4 is 10.9 Å². The number of fused-ring (bicyclic) bond motifs is 1. The summed E-state index contributed by atoms with van der Waals surface area (Å²) < 4.78 is 1.28. The highest BCUT2D eigenvalue weighted by molar-refractivity contribution is 5.84. The normalized spacial score (nSPS) is 10.8. The predicted molar refractivity (Wildman–Crippen MR) is 100.0 cm³/mol. The van der Waals surface area contributed by atoms with Gasteiger partial charge in [0.15, 0.2) is 0 Å². The third-order valence-electron chi connectivity index (χ3n) is 4.26. The first-order chi connectivity index (χ1) is 12.1. The molecule has 2 rings (SSSR count). The van der Waals surface area contributed by atoms with Gasteiger partial charge in [-0.25, -0.2) is 4.68 Å². The average Bonchev–Trinajstić information content (AvgIpc) is 2.62. The molecule has 0 unspecified atom stereocenters. The van der Waals surface area contributed by atoms with Crippen LogP contribution in [0.15, 0.2) is 29.1 Å². The van der Waals surface area contributed by atoms with Crippen LogP contribution in [-0.2, 0) is 17.9 Å². The fraction of sp³-hybridized carbons (Fsp3) is 0.450. The first kappa shape index (κ1) is 18.7. The molecule has 0 fully saturated rings. The fourth-order valence-electron chi connectivity index (χ4n) is 3.05. The van der Waals surface area contributed by atoms with E-state index in [-0.39, 0.29) is 30.5 Å². The number of hydrogen-bond acceptors (Lipinski definition) is 3. The number of amides is 1. The van der Waals surface area contributed by atoms with Gasteiger partial charge in [-0.05, 0) is 18.9 Å². The molecule has 0 bridgehead atoms. The van der Waals surface area contributed by atoms with E-state index in [1.807, 2.05) is 18.2 Å². The van der Waals surface area contributed by atoms with E-state index >= 15 is 0 Å². The SMILES string of the molecule is C#CCn1nc(CNC(=O)C(CCC)CCC)c2ccccc2c1=O. The van der Waals surface area contributed by atoms with Gasteiger partial charge < -0.3 is 5.32 Å². The standard InChI is InChI=1S/C20H25N3O2/c1-4-9-15(10-5-2)19(24)21-14-18-16-11-7-8-12-17(16)20(25)23(22-18)13-6-3/h3,7-8,11-12,15H,4-5,9-10,13-14H2,1-2H3,(H,21,24). The van der Waals surface area contributed by atoms with Crippen molar-refractivity contribution in [2.24, 2.45) is 5.92 Å². The van der Waals surface area contributed by atoms with Gasteiger partial charge in [-0.1, -0.05) is 50.8 Å². The lowest BCUT2D eigenvalue weighted by molar-refractivity contribution is -0.125. The number of hydrogen-bond donors (Lipinski definition) is 1. The van der Waals surface area contributed by atoms with E-state index < -0.39 is 0 Å². The average molecular weight is 339 g/mol. The molecule has 0 atom stereocenters. The lowest BCUT2D eigenvalue weighted by Crippen LogP contribution is -2.32. The van der Waals surface area contributed by atoms with Crippen molar-refractivity contribution < 1.29 is 4.79 Å². The van der Waals surface area contributed by atoms with E-state index in [0.29, 0.717) is 11.1 Å². The van der Waals surface area contributed by atoms with E-state index in [4.69, 9.17) is 6.42 Å². The van der Waals surface area contributed by atoms with Crippen molar-refractivity contribution in [3.63, 3.8) is 0 Å². The zero-order valence-electron chi connectivity index (χ0n) is 14.9. The van der Waals surface area contributed by atoms with Crippen LogP contribution in [-0.4, -0.2) is 15.7 Å². The summed E-state index contributed by atoms with van der Waals surface area (Å²) in [6.45, 7) is 4.56. The Morgan fingerprint density at radius 3 is 2.48 bits per heavy atom. The first-order valence-electron chi connectivity index (χ1n) is 8.82. The molecule has 1 N–H and O–H groups in total. The zero-order chi connectivity index (χ0) is 18.2. The maximum Gasteiger partial charge on any atom is 0.275 e. The summed E-state index contributed by atoms with van der Waals surface area (Å²) in [5, 5.41) is 8.66. The maximum atomic E-state index is 12.5.